The van der Waals surface area contributed by atoms with Crippen molar-refractivity contribution in [3.63, 3.8) is 0 Å². The molecule has 3 aromatic carbocycles. The van der Waals surface area contributed by atoms with Gasteiger partial charge in [-0.3, -0.25) is 14.4 Å². The molecular weight excluding hydrogens is 434 g/mol. The van der Waals surface area contributed by atoms with Gasteiger partial charge in [0.05, 0.1) is 18.8 Å². The van der Waals surface area contributed by atoms with Crippen LogP contribution in [0.4, 0.5) is 11.4 Å². The molecule has 0 spiro atoms. The average Bonchev–Trinajstić information content (AvgIpc) is 2.87. The number of rotatable bonds is 9. The van der Waals surface area contributed by atoms with Crippen LogP contribution in [0, 0.1) is 0 Å². The predicted molar refractivity (Wildman–Crippen MR) is 128 cm³/mol. The van der Waals surface area contributed by atoms with Crippen molar-refractivity contribution < 1.29 is 23.9 Å². The number of fused-ring (bicyclic) bond motifs is 1. The number of carbonyl (C=O) groups excluding carboxylic acids is 3. The molecule has 0 fully saturated rings. The molecule has 1 aliphatic rings. The molecule has 0 aromatic heterocycles. The van der Waals surface area contributed by atoms with E-state index >= 15 is 0 Å². The number of ether oxygens (including phenoxy) is 2. The molecule has 0 saturated carbocycles. The zero-order chi connectivity index (χ0) is 23.8. The maximum atomic E-state index is 12.4. The highest BCUT2D eigenvalue weighted by atomic mass is 16.5. The molecule has 1 aliphatic heterocycles. The Morgan fingerprint density at radius 3 is 2.47 bits per heavy atom. The molecule has 34 heavy (non-hydrogen) atoms. The van der Waals surface area contributed by atoms with Gasteiger partial charge >= 0.3 is 0 Å². The highest BCUT2D eigenvalue weighted by Crippen LogP contribution is 2.34. The molecule has 0 atom stereocenters. The normalized spacial score (nSPS) is 12.4. The molecule has 174 valence electrons. The number of nitrogens with one attached hydrogen (secondary N) is 2. The molecule has 8 heteroatoms. The summed E-state index contributed by atoms with van der Waals surface area (Å²) in [5, 5.41) is 5.33. The van der Waals surface area contributed by atoms with Crippen molar-refractivity contribution in [3.05, 3.63) is 84.4 Å². The first-order valence-corrected chi connectivity index (χ1v) is 11.0. The lowest BCUT2D eigenvalue weighted by Gasteiger charge is -2.29. The SMILES string of the molecule is O=C(CNC(=O)c1ccccc1)Nc1ccc2c(c1)OCC(=O)N2CCCOc1ccccc1. The third-order valence-electron chi connectivity index (χ3n) is 5.17. The zero-order valence-electron chi connectivity index (χ0n) is 18.5. The highest BCUT2D eigenvalue weighted by Gasteiger charge is 2.25. The van der Waals surface area contributed by atoms with Gasteiger partial charge in [-0.15, -0.1) is 0 Å². The van der Waals surface area contributed by atoms with E-state index in [0.29, 0.717) is 42.3 Å². The Labute approximate surface area is 197 Å². The van der Waals surface area contributed by atoms with Crippen LogP contribution in [-0.4, -0.2) is 44.0 Å². The highest BCUT2D eigenvalue weighted by molar-refractivity contribution is 6.01. The Morgan fingerprint density at radius 2 is 1.71 bits per heavy atom. The molecule has 3 amide bonds. The van der Waals surface area contributed by atoms with Gasteiger partial charge in [0.2, 0.25) is 5.91 Å². The van der Waals surface area contributed by atoms with Crippen molar-refractivity contribution in [3.8, 4) is 11.5 Å². The number of hydrogen-bond donors (Lipinski definition) is 2. The van der Waals surface area contributed by atoms with E-state index in [2.05, 4.69) is 10.6 Å². The largest absolute Gasteiger partial charge is 0.494 e. The van der Waals surface area contributed by atoms with Crippen LogP contribution >= 0.6 is 0 Å². The third kappa shape index (κ3) is 5.92. The summed E-state index contributed by atoms with van der Waals surface area (Å²) in [4.78, 5) is 38.4. The van der Waals surface area contributed by atoms with Gasteiger partial charge < -0.3 is 25.0 Å². The fraction of sp³-hybridized carbons (Fsp3) is 0.192. The van der Waals surface area contributed by atoms with E-state index < -0.39 is 0 Å². The smallest absolute Gasteiger partial charge is 0.265 e. The summed E-state index contributed by atoms with van der Waals surface area (Å²) in [6.07, 6.45) is 0.652. The molecule has 4 rings (SSSR count). The van der Waals surface area contributed by atoms with E-state index in [1.165, 1.54) is 0 Å². The fourth-order valence-corrected chi connectivity index (χ4v) is 3.51. The minimum Gasteiger partial charge on any atom is -0.494 e. The Morgan fingerprint density at radius 1 is 0.971 bits per heavy atom. The Balaban J connectivity index is 1.30. The minimum absolute atomic E-state index is 0.0723. The molecule has 0 bridgehead atoms. The number of benzene rings is 3. The molecular formula is C26H25N3O5. The van der Waals surface area contributed by atoms with Crippen molar-refractivity contribution in [1.29, 1.82) is 0 Å². The van der Waals surface area contributed by atoms with E-state index in [1.54, 1.807) is 47.4 Å². The molecule has 0 aliphatic carbocycles. The maximum absolute atomic E-state index is 12.4. The van der Waals surface area contributed by atoms with Crippen LogP contribution < -0.4 is 25.0 Å². The summed E-state index contributed by atoms with van der Waals surface area (Å²) in [7, 11) is 0. The van der Waals surface area contributed by atoms with E-state index in [9.17, 15) is 14.4 Å². The van der Waals surface area contributed by atoms with Gasteiger partial charge in [0.1, 0.15) is 11.5 Å². The summed E-state index contributed by atoms with van der Waals surface area (Å²) in [6.45, 7) is 0.723. The topological polar surface area (TPSA) is 97.0 Å². The van der Waals surface area contributed by atoms with Crippen LogP contribution in [0.25, 0.3) is 0 Å². The second-order valence-electron chi connectivity index (χ2n) is 7.63. The van der Waals surface area contributed by atoms with Gasteiger partial charge in [0.15, 0.2) is 6.61 Å². The fourth-order valence-electron chi connectivity index (χ4n) is 3.51. The van der Waals surface area contributed by atoms with E-state index in [1.807, 2.05) is 36.4 Å². The molecule has 0 unspecified atom stereocenters. The van der Waals surface area contributed by atoms with E-state index in [-0.39, 0.29) is 30.9 Å². The molecule has 8 nitrogen and oxygen atoms in total. The van der Waals surface area contributed by atoms with E-state index in [0.717, 1.165) is 5.75 Å². The lowest BCUT2D eigenvalue weighted by molar-refractivity contribution is -0.121. The third-order valence-corrected chi connectivity index (χ3v) is 5.17. The lowest BCUT2D eigenvalue weighted by atomic mass is 10.2. The van der Waals surface area contributed by atoms with Crippen molar-refractivity contribution in [2.45, 2.75) is 6.42 Å². The Hall–Kier alpha value is -4.33. The van der Waals surface area contributed by atoms with Crippen LogP contribution in [0.15, 0.2) is 78.9 Å². The average molecular weight is 460 g/mol. The molecule has 0 saturated heterocycles. The predicted octanol–water partition coefficient (Wildman–Crippen LogP) is 3.25. The van der Waals surface area contributed by atoms with Gasteiger partial charge in [-0.25, -0.2) is 0 Å². The minimum atomic E-state index is -0.369. The first-order chi connectivity index (χ1) is 16.6. The van der Waals surface area contributed by atoms with Gasteiger partial charge in [0, 0.05) is 23.9 Å². The summed E-state index contributed by atoms with van der Waals surface area (Å²) in [5.41, 5.74) is 1.64. The van der Waals surface area contributed by atoms with Crippen molar-refractivity contribution in [2.24, 2.45) is 0 Å². The second-order valence-corrected chi connectivity index (χ2v) is 7.63. The van der Waals surface area contributed by atoms with E-state index in [4.69, 9.17) is 9.47 Å². The lowest BCUT2D eigenvalue weighted by Crippen LogP contribution is -2.39. The van der Waals surface area contributed by atoms with Crippen molar-refractivity contribution >= 4 is 29.1 Å². The maximum Gasteiger partial charge on any atom is 0.265 e. The first-order valence-electron chi connectivity index (χ1n) is 11.0. The van der Waals surface area contributed by atoms with Crippen LogP contribution in [0.1, 0.15) is 16.8 Å². The van der Waals surface area contributed by atoms with Crippen LogP contribution in [0.5, 0.6) is 11.5 Å². The molecule has 3 aromatic rings. The van der Waals surface area contributed by atoms with Crippen molar-refractivity contribution in [1.82, 2.24) is 5.32 Å². The van der Waals surface area contributed by atoms with Crippen molar-refractivity contribution in [2.75, 3.05) is 36.5 Å². The number of para-hydroxylation sites is 1. The molecule has 1 heterocycles. The van der Waals surface area contributed by atoms with Gasteiger partial charge in [-0.05, 0) is 42.8 Å². The summed E-state index contributed by atoms with van der Waals surface area (Å²) in [6, 6.07) is 23.3. The molecule has 0 radical (unpaired) electrons. The van der Waals surface area contributed by atoms with Crippen LogP contribution in [0.2, 0.25) is 0 Å². The number of anilines is 2. The monoisotopic (exact) mass is 459 g/mol. The summed E-state index contributed by atoms with van der Waals surface area (Å²) in [5.74, 6) is 0.472. The summed E-state index contributed by atoms with van der Waals surface area (Å²) >= 11 is 0. The first kappa shape index (κ1) is 22.8. The van der Waals surface area contributed by atoms with Crippen LogP contribution in [-0.2, 0) is 9.59 Å². The number of carbonyl (C=O) groups is 3. The van der Waals surface area contributed by atoms with Gasteiger partial charge in [-0.1, -0.05) is 36.4 Å². The second kappa shape index (κ2) is 11.0. The molecule has 2 N–H and O–H groups in total. The Kier molecular flexibility index (Phi) is 7.39. The Bertz CT molecular complexity index is 1150. The standard InChI is InChI=1S/C26H25N3O5/c30-24(17-27-26(32)19-8-3-1-4-9-19)28-20-12-13-22-23(16-20)34-18-25(31)29(22)14-7-15-33-21-10-5-2-6-11-21/h1-6,8-13,16H,7,14-15,17-18H2,(H,27,32)(H,28,30). The van der Waals surface area contributed by atoms with Gasteiger partial charge in [0.25, 0.3) is 11.8 Å². The van der Waals surface area contributed by atoms with Crippen LogP contribution in [0.3, 0.4) is 0 Å². The number of amides is 3. The summed E-state index contributed by atoms with van der Waals surface area (Å²) < 4.78 is 11.3. The quantitative estimate of drug-likeness (QED) is 0.479. The zero-order valence-corrected chi connectivity index (χ0v) is 18.5. The van der Waals surface area contributed by atoms with Gasteiger partial charge in [-0.2, -0.15) is 0 Å². The number of nitrogens with zero attached hydrogens (tertiary/aromatic N) is 1. The number of hydrogen-bond acceptors (Lipinski definition) is 5.